The number of nitrogens with one attached hydrogen (secondary N) is 2. The first kappa shape index (κ1) is 31.0. The van der Waals surface area contributed by atoms with E-state index in [4.69, 9.17) is 9.31 Å². The molecule has 204 valence electrons. The quantitative estimate of drug-likeness (QED) is 0.402. The van der Waals surface area contributed by atoms with E-state index < -0.39 is 30.3 Å². The van der Waals surface area contributed by atoms with E-state index in [0.717, 1.165) is 0 Å². The van der Waals surface area contributed by atoms with Crippen LogP contribution in [-0.4, -0.2) is 70.4 Å². The molecule has 1 aliphatic heterocycles. The summed E-state index contributed by atoms with van der Waals surface area (Å²) in [6.45, 7) is 7.81. The van der Waals surface area contributed by atoms with E-state index in [2.05, 4.69) is 36.0 Å². The molecule has 1 aliphatic rings. The molecule has 1 saturated heterocycles. The molecule has 1 heterocycles. The Bertz CT molecular complexity index is 1150. The number of hydrogen-bond acceptors (Lipinski definition) is 8. The highest BCUT2D eigenvalue weighted by atomic mass is 79.9. The Labute approximate surface area is 231 Å². The van der Waals surface area contributed by atoms with Crippen molar-refractivity contribution in [3.8, 4) is 0 Å². The summed E-state index contributed by atoms with van der Waals surface area (Å²) >= 11 is 3.19. The van der Waals surface area contributed by atoms with Crippen LogP contribution in [0.2, 0.25) is 0 Å². The predicted molar refractivity (Wildman–Crippen MR) is 146 cm³/mol. The van der Waals surface area contributed by atoms with E-state index in [1.807, 2.05) is 27.7 Å². The molecule has 0 bridgehead atoms. The van der Waals surface area contributed by atoms with Crippen molar-refractivity contribution < 1.29 is 38.0 Å². The lowest BCUT2D eigenvalue weighted by molar-refractivity contribution is 0.00578. The van der Waals surface area contributed by atoms with E-state index in [9.17, 15) is 19.2 Å². The topological polar surface area (TPSA) is 129 Å². The van der Waals surface area contributed by atoms with Crippen LogP contribution in [0.3, 0.4) is 0 Å². The van der Waals surface area contributed by atoms with Crippen LogP contribution in [0.5, 0.6) is 0 Å². The lowest BCUT2D eigenvalue weighted by atomic mass is 9.77. The molecule has 2 aromatic carbocycles. The average molecular weight is 591 g/mol. The number of benzene rings is 2. The van der Waals surface area contributed by atoms with Crippen LogP contribution in [0.25, 0.3) is 0 Å². The lowest BCUT2D eigenvalue weighted by Gasteiger charge is -2.32. The number of halogens is 1. The van der Waals surface area contributed by atoms with Gasteiger partial charge in [-0.15, -0.1) is 0 Å². The number of esters is 2. The van der Waals surface area contributed by atoms with Gasteiger partial charge in [-0.1, -0.05) is 15.9 Å². The molecule has 1 fully saturated rings. The Morgan fingerprint density at radius 2 is 1.08 bits per heavy atom. The Kier molecular flexibility index (Phi) is 10.2. The van der Waals surface area contributed by atoms with Crippen LogP contribution in [0.4, 0.5) is 0 Å². The Morgan fingerprint density at radius 1 is 0.711 bits per heavy atom. The maximum absolute atomic E-state index is 12.0. The highest BCUT2D eigenvalue weighted by Gasteiger charge is 2.51. The third kappa shape index (κ3) is 7.21. The highest BCUT2D eigenvalue weighted by molar-refractivity contribution is 9.10. The van der Waals surface area contributed by atoms with E-state index in [-0.39, 0.29) is 11.8 Å². The van der Waals surface area contributed by atoms with Crippen LogP contribution in [0.15, 0.2) is 40.9 Å². The molecule has 38 heavy (non-hydrogen) atoms. The first-order valence-corrected chi connectivity index (χ1v) is 12.4. The van der Waals surface area contributed by atoms with Crippen molar-refractivity contribution in [1.29, 1.82) is 0 Å². The molecule has 0 radical (unpaired) electrons. The van der Waals surface area contributed by atoms with Crippen molar-refractivity contribution in [2.24, 2.45) is 0 Å². The molecular formula is C26H32BBrN2O8. The second-order valence-electron chi connectivity index (χ2n) is 9.30. The van der Waals surface area contributed by atoms with Gasteiger partial charge in [0.1, 0.15) is 0 Å². The molecule has 10 nitrogen and oxygen atoms in total. The van der Waals surface area contributed by atoms with Crippen LogP contribution >= 0.6 is 15.9 Å². The number of methoxy groups -OCH3 is 2. The molecular weight excluding hydrogens is 559 g/mol. The fraction of sp³-hybridized carbons (Fsp3) is 0.385. The van der Waals surface area contributed by atoms with Crippen molar-refractivity contribution in [3.05, 3.63) is 63.1 Å². The average Bonchev–Trinajstić information content (AvgIpc) is 3.12. The zero-order chi connectivity index (χ0) is 28.8. The van der Waals surface area contributed by atoms with Gasteiger partial charge in [0.25, 0.3) is 11.8 Å². The van der Waals surface area contributed by atoms with Gasteiger partial charge in [-0.3, -0.25) is 9.59 Å². The maximum Gasteiger partial charge on any atom is 0.494 e. The van der Waals surface area contributed by atoms with Crippen molar-refractivity contribution in [1.82, 2.24) is 10.6 Å². The first-order chi connectivity index (χ1) is 17.7. The van der Waals surface area contributed by atoms with Gasteiger partial charge >= 0.3 is 19.1 Å². The van der Waals surface area contributed by atoms with E-state index in [1.54, 1.807) is 44.4 Å². The van der Waals surface area contributed by atoms with Gasteiger partial charge in [0.05, 0.1) is 36.5 Å². The fourth-order valence-corrected chi connectivity index (χ4v) is 3.87. The summed E-state index contributed by atoms with van der Waals surface area (Å²) in [6, 6.07) is 9.48. The molecule has 0 saturated carbocycles. The minimum atomic E-state index is -0.631. The zero-order valence-corrected chi connectivity index (χ0v) is 24.3. The molecule has 12 heteroatoms. The number of ether oxygens (including phenoxy) is 2. The van der Waals surface area contributed by atoms with E-state index in [1.165, 1.54) is 20.3 Å². The lowest BCUT2D eigenvalue weighted by Crippen LogP contribution is -2.41. The number of amides is 2. The van der Waals surface area contributed by atoms with Crippen LogP contribution < -0.4 is 16.1 Å². The first-order valence-electron chi connectivity index (χ1n) is 11.6. The third-order valence-corrected chi connectivity index (χ3v) is 6.66. The Balaban J connectivity index is 0.000000293. The van der Waals surface area contributed by atoms with Gasteiger partial charge in [0, 0.05) is 29.7 Å². The second kappa shape index (κ2) is 12.6. The molecule has 3 rings (SSSR count). The molecule has 0 aromatic heterocycles. The zero-order valence-electron chi connectivity index (χ0n) is 22.7. The summed E-state index contributed by atoms with van der Waals surface area (Å²) in [5.41, 5.74) is 1.03. The van der Waals surface area contributed by atoms with Gasteiger partial charge in [-0.2, -0.15) is 0 Å². The molecule has 0 spiro atoms. The van der Waals surface area contributed by atoms with Gasteiger partial charge in [0.2, 0.25) is 0 Å². The van der Waals surface area contributed by atoms with Crippen molar-refractivity contribution in [2.45, 2.75) is 38.9 Å². The van der Waals surface area contributed by atoms with Gasteiger partial charge < -0.3 is 29.4 Å². The smallest absolute Gasteiger partial charge is 0.465 e. The SMILES string of the molecule is CNC(=O)c1cc(B2OC(C)(C)C(C)(C)O2)cc(C(=O)NC)c1.COC(=O)c1cc(Br)cc(C(=O)OC)c1. The van der Waals surface area contributed by atoms with Crippen LogP contribution in [-0.2, 0) is 18.8 Å². The summed E-state index contributed by atoms with van der Waals surface area (Å²) < 4.78 is 21.7. The normalized spacial score (nSPS) is 15.0. The molecule has 2 aromatic rings. The standard InChI is InChI=1S/C16H23BN2O4.C10H9BrO4/c1-15(2)16(3,4)23-17(22-15)12-8-10(13(20)18-5)7-11(9-12)14(21)19-6;1-14-9(12)6-3-7(10(13)15-2)5-8(11)4-6/h7-9H,1-6H3,(H,18,20)(H,19,21);3-5H,1-2H3. The Morgan fingerprint density at radius 3 is 1.42 bits per heavy atom. The molecule has 0 aliphatic carbocycles. The van der Waals surface area contributed by atoms with E-state index >= 15 is 0 Å². The third-order valence-electron chi connectivity index (χ3n) is 6.20. The number of carbonyl (C=O) groups is 4. The largest absolute Gasteiger partial charge is 0.494 e. The Hall–Kier alpha value is -3.22. The van der Waals surface area contributed by atoms with Gasteiger partial charge in [-0.05, 0) is 69.6 Å². The number of hydrogen-bond donors (Lipinski definition) is 2. The highest BCUT2D eigenvalue weighted by Crippen LogP contribution is 2.36. The molecule has 0 atom stereocenters. The monoisotopic (exact) mass is 590 g/mol. The summed E-state index contributed by atoms with van der Waals surface area (Å²) in [5.74, 6) is -1.54. The van der Waals surface area contributed by atoms with Crippen LogP contribution in [0, 0.1) is 0 Å². The second-order valence-corrected chi connectivity index (χ2v) is 10.2. The summed E-state index contributed by atoms with van der Waals surface area (Å²) in [6.07, 6.45) is 0. The number of rotatable bonds is 5. The van der Waals surface area contributed by atoms with Crippen molar-refractivity contribution in [2.75, 3.05) is 28.3 Å². The summed E-state index contributed by atoms with van der Waals surface area (Å²) in [4.78, 5) is 46.4. The molecule has 2 N–H and O–H groups in total. The van der Waals surface area contributed by atoms with Gasteiger partial charge in [-0.25, -0.2) is 9.59 Å². The van der Waals surface area contributed by atoms with E-state index in [0.29, 0.717) is 32.2 Å². The fourth-order valence-electron chi connectivity index (χ4n) is 3.38. The molecule has 0 unspecified atom stereocenters. The minimum Gasteiger partial charge on any atom is -0.465 e. The number of carbonyl (C=O) groups excluding carboxylic acids is 4. The van der Waals surface area contributed by atoms with Gasteiger partial charge in [0.15, 0.2) is 0 Å². The summed E-state index contributed by atoms with van der Waals surface area (Å²) in [7, 11) is 5.02. The van der Waals surface area contributed by atoms with Crippen molar-refractivity contribution in [3.63, 3.8) is 0 Å². The minimum absolute atomic E-state index is 0.270. The summed E-state index contributed by atoms with van der Waals surface area (Å²) in [5, 5.41) is 5.13. The molecule has 2 amide bonds. The van der Waals surface area contributed by atoms with Crippen LogP contribution in [0.1, 0.15) is 69.1 Å². The maximum atomic E-state index is 12.0. The predicted octanol–water partition coefficient (Wildman–Crippen LogP) is 2.73. The van der Waals surface area contributed by atoms with Crippen molar-refractivity contribution >= 4 is 52.3 Å².